The zero-order chi connectivity index (χ0) is 8.55. The van der Waals surface area contributed by atoms with Gasteiger partial charge in [-0.1, -0.05) is 0 Å². The quantitative estimate of drug-likeness (QED) is 0.572. The van der Waals surface area contributed by atoms with E-state index in [1.165, 1.54) is 12.1 Å². The van der Waals surface area contributed by atoms with Crippen molar-refractivity contribution < 1.29 is 9.13 Å². The molecule has 0 aliphatic carbocycles. The van der Waals surface area contributed by atoms with Crippen molar-refractivity contribution in [1.82, 2.24) is 0 Å². The fourth-order valence-corrected chi connectivity index (χ4v) is 1.30. The van der Waals surface area contributed by atoms with E-state index in [4.69, 9.17) is 4.74 Å². The second-order valence-corrected chi connectivity index (χ2v) is 2.84. The van der Waals surface area contributed by atoms with Gasteiger partial charge in [-0.25, -0.2) is 4.39 Å². The average molecular weight is 164 g/mol. The Morgan fingerprint density at radius 3 is 3.08 bits per heavy atom. The fourth-order valence-electron chi connectivity index (χ4n) is 1.30. The lowest BCUT2D eigenvalue weighted by molar-refractivity contribution is 0.356. The monoisotopic (exact) mass is 164 g/mol. The average Bonchev–Trinajstić information content (AvgIpc) is 2.07. The van der Waals surface area contributed by atoms with Crippen molar-refractivity contribution in [3.63, 3.8) is 0 Å². The third kappa shape index (κ3) is 1.09. The molecule has 2 rings (SSSR count). The van der Waals surface area contributed by atoms with Gasteiger partial charge in [0.2, 0.25) is 0 Å². The Balaban J connectivity index is 2.58. The summed E-state index contributed by atoms with van der Waals surface area (Å²) in [5.74, 6) is 0.559. The third-order valence-electron chi connectivity index (χ3n) is 1.99. The van der Waals surface area contributed by atoms with Gasteiger partial charge in [0.25, 0.3) is 0 Å². The molecular weight excluding hydrogens is 155 g/mol. The van der Waals surface area contributed by atoms with Crippen LogP contribution >= 0.6 is 0 Å². The summed E-state index contributed by atoms with van der Waals surface area (Å²) in [6.07, 6.45) is 1.95. The first-order valence-electron chi connectivity index (χ1n) is 3.87. The van der Waals surface area contributed by atoms with Gasteiger partial charge in [0.05, 0.1) is 0 Å². The number of rotatable bonds is 0. The maximum atomic E-state index is 12.8. The molecule has 0 saturated carbocycles. The molecule has 62 valence electrons. The van der Waals surface area contributed by atoms with E-state index in [0.717, 1.165) is 16.9 Å². The van der Waals surface area contributed by atoms with E-state index in [9.17, 15) is 4.39 Å². The molecular formula is C10H9FO. The van der Waals surface area contributed by atoms with Crippen LogP contribution in [0.1, 0.15) is 12.5 Å². The molecule has 1 aliphatic rings. The summed E-state index contributed by atoms with van der Waals surface area (Å²) < 4.78 is 18.1. The highest BCUT2D eigenvalue weighted by Gasteiger charge is 2.10. The molecule has 1 aliphatic heterocycles. The Morgan fingerprint density at radius 1 is 1.42 bits per heavy atom. The summed E-state index contributed by atoms with van der Waals surface area (Å²) in [7, 11) is 0. The second kappa shape index (κ2) is 2.63. The van der Waals surface area contributed by atoms with Crippen molar-refractivity contribution in [3.8, 4) is 5.75 Å². The smallest absolute Gasteiger partial charge is 0.127 e. The van der Waals surface area contributed by atoms with Gasteiger partial charge in [-0.05, 0) is 36.8 Å². The van der Waals surface area contributed by atoms with Gasteiger partial charge in [-0.3, -0.25) is 0 Å². The summed E-state index contributed by atoms with van der Waals surface area (Å²) in [4.78, 5) is 0. The molecule has 1 heterocycles. The van der Waals surface area contributed by atoms with Crippen LogP contribution in [0.25, 0.3) is 5.57 Å². The lowest BCUT2D eigenvalue weighted by Crippen LogP contribution is -2.03. The zero-order valence-corrected chi connectivity index (χ0v) is 6.80. The van der Waals surface area contributed by atoms with Gasteiger partial charge < -0.3 is 4.74 Å². The van der Waals surface area contributed by atoms with Crippen LogP contribution in [0.15, 0.2) is 24.3 Å². The Morgan fingerprint density at radius 2 is 2.25 bits per heavy atom. The van der Waals surface area contributed by atoms with E-state index in [1.807, 2.05) is 13.0 Å². The zero-order valence-electron chi connectivity index (χ0n) is 6.80. The Hall–Kier alpha value is -1.31. The predicted octanol–water partition coefficient (Wildman–Crippen LogP) is 2.62. The summed E-state index contributed by atoms with van der Waals surface area (Å²) >= 11 is 0. The third-order valence-corrected chi connectivity index (χ3v) is 1.99. The molecule has 0 spiro atoms. The highest BCUT2D eigenvalue weighted by atomic mass is 19.1. The molecule has 0 saturated heterocycles. The molecule has 0 N–H and O–H groups in total. The first-order chi connectivity index (χ1) is 5.77. The summed E-state index contributed by atoms with van der Waals surface area (Å²) in [5.41, 5.74) is 1.94. The van der Waals surface area contributed by atoms with E-state index >= 15 is 0 Å². The minimum atomic E-state index is -0.216. The van der Waals surface area contributed by atoms with Crippen LogP contribution in [0.5, 0.6) is 5.75 Å². The minimum Gasteiger partial charge on any atom is -0.489 e. The normalized spacial score (nSPS) is 14.7. The van der Waals surface area contributed by atoms with E-state index in [0.29, 0.717) is 6.61 Å². The van der Waals surface area contributed by atoms with Crippen LogP contribution in [0.2, 0.25) is 0 Å². The number of fused-ring (bicyclic) bond motifs is 1. The number of hydrogen-bond acceptors (Lipinski definition) is 1. The van der Waals surface area contributed by atoms with Gasteiger partial charge >= 0.3 is 0 Å². The molecule has 2 heteroatoms. The fraction of sp³-hybridized carbons (Fsp3) is 0.200. The van der Waals surface area contributed by atoms with E-state index < -0.39 is 0 Å². The lowest BCUT2D eigenvalue weighted by atomic mass is 10.0. The molecule has 1 aromatic rings. The minimum absolute atomic E-state index is 0.216. The van der Waals surface area contributed by atoms with E-state index in [2.05, 4.69) is 0 Å². The van der Waals surface area contributed by atoms with Crippen molar-refractivity contribution in [1.29, 1.82) is 0 Å². The van der Waals surface area contributed by atoms with Gasteiger partial charge in [-0.15, -0.1) is 0 Å². The van der Waals surface area contributed by atoms with Crippen molar-refractivity contribution in [2.24, 2.45) is 0 Å². The van der Waals surface area contributed by atoms with Crippen LogP contribution in [0.3, 0.4) is 0 Å². The Bertz CT molecular complexity index is 342. The summed E-state index contributed by atoms with van der Waals surface area (Å²) in [6.45, 7) is 2.55. The number of allylic oxidation sites excluding steroid dienone is 1. The molecule has 0 atom stereocenters. The van der Waals surface area contributed by atoms with E-state index in [-0.39, 0.29) is 5.82 Å². The number of hydrogen-bond donors (Lipinski definition) is 0. The van der Waals surface area contributed by atoms with Gasteiger partial charge in [0, 0.05) is 5.56 Å². The van der Waals surface area contributed by atoms with Crippen LogP contribution in [-0.2, 0) is 0 Å². The van der Waals surface area contributed by atoms with Crippen molar-refractivity contribution in [3.05, 3.63) is 35.7 Å². The predicted molar refractivity (Wildman–Crippen MR) is 45.5 cm³/mol. The molecule has 0 fully saturated rings. The van der Waals surface area contributed by atoms with Crippen LogP contribution < -0.4 is 4.74 Å². The molecule has 0 radical (unpaired) electrons. The number of ether oxygens (including phenoxy) is 1. The molecule has 0 amide bonds. The molecule has 0 unspecified atom stereocenters. The molecule has 1 nitrogen and oxygen atoms in total. The molecule has 0 bridgehead atoms. The second-order valence-electron chi connectivity index (χ2n) is 2.84. The first-order valence-corrected chi connectivity index (χ1v) is 3.87. The maximum Gasteiger partial charge on any atom is 0.127 e. The molecule has 0 aromatic heterocycles. The Labute approximate surface area is 70.5 Å². The number of benzene rings is 1. The van der Waals surface area contributed by atoms with Crippen LogP contribution in [-0.4, -0.2) is 6.61 Å². The van der Waals surface area contributed by atoms with Crippen molar-refractivity contribution >= 4 is 5.57 Å². The van der Waals surface area contributed by atoms with E-state index in [1.54, 1.807) is 6.07 Å². The largest absolute Gasteiger partial charge is 0.489 e. The Kier molecular flexibility index (Phi) is 1.61. The van der Waals surface area contributed by atoms with Gasteiger partial charge in [0.15, 0.2) is 0 Å². The van der Waals surface area contributed by atoms with Crippen molar-refractivity contribution in [2.45, 2.75) is 6.92 Å². The standard InChI is InChI=1S/C10H9FO/c1-7-4-5-12-10-3-2-8(11)6-9(7)10/h2-4,6H,5H2,1H3. The summed E-state index contributed by atoms with van der Waals surface area (Å²) in [6, 6.07) is 4.58. The highest BCUT2D eigenvalue weighted by Crippen LogP contribution is 2.29. The lowest BCUT2D eigenvalue weighted by Gasteiger charge is -2.15. The maximum absolute atomic E-state index is 12.8. The SMILES string of the molecule is CC1=CCOc2ccc(F)cc21. The topological polar surface area (TPSA) is 9.23 Å². The molecule has 1 aromatic carbocycles. The first kappa shape index (κ1) is 7.35. The summed E-state index contributed by atoms with van der Waals surface area (Å²) in [5, 5.41) is 0. The van der Waals surface area contributed by atoms with Gasteiger partial charge in [0.1, 0.15) is 18.2 Å². The van der Waals surface area contributed by atoms with Crippen LogP contribution in [0.4, 0.5) is 4.39 Å². The molecule has 12 heavy (non-hydrogen) atoms. The van der Waals surface area contributed by atoms with Crippen molar-refractivity contribution in [2.75, 3.05) is 6.61 Å². The number of halogens is 1. The highest BCUT2D eigenvalue weighted by molar-refractivity contribution is 5.70. The van der Waals surface area contributed by atoms with Gasteiger partial charge in [-0.2, -0.15) is 0 Å². The van der Waals surface area contributed by atoms with Crippen LogP contribution in [0, 0.1) is 5.82 Å².